The fourth-order valence-electron chi connectivity index (χ4n) is 2.33. The minimum Gasteiger partial charge on any atom is -0.497 e. The lowest BCUT2D eigenvalue weighted by molar-refractivity contribution is 0.0732. The second kappa shape index (κ2) is 5.77. The average Bonchev–Trinajstić information content (AvgIpc) is 3.21. The Hall–Kier alpha value is -2.01. The van der Waals surface area contributed by atoms with Gasteiger partial charge in [0.1, 0.15) is 5.75 Å². The van der Waals surface area contributed by atoms with Crippen LogP contribution in [0.25, 0.3) is 0 Å². The minimum atomic E-state index is -0.0118. The van der Waals surface area contributed by atoms with E-state index in [0.717, 1.165) is 12.8 Å². The van der Waals surface area contributed by atoms with E-state index in [1.807, 2.05) is 16.3 Å². The van der Waals surface area contributed by atoms with Crippen LogP contribution in [0.4, 0.5) is 5.69 Å². The van der Waals surface area contributed by atoms with Crippen molar-refractivity contribution in [2.24, 2.45) is 0 Å². The lowest BCUT2D eigenvalue weighted by Crippen LogP contribution is -2.32. The molecular formula is C16H18N2O2S. The lowest BCUT2D eigenvalue weighted by Gasteiger charge is -2.23. The first-order chi connectivity index (χ1) is 10.2. The van der Waals surface area contributed by atoms with E-state index in [0.29, 0.717) is 29.6 Å². The predicted octanol–water partition coefficient (Wildman–Crippen LogP) is 3.14. The molecule has 1 saturated carbocycles. The molecule has 2 aromatic rings. The number of thiophene rings is 1. The van der Waals surface area contributed by atoms with Crippen LogP contribution in [0.15, 0.2) is 35.7 Å². The third-order valence-corrected chi connectivity index (χ3v) is 4.51. The Morgan fingerprint density at radius 2 is 2.24 bits per heavy atom. The van der Waals surface area contributed by atoms with Gasteiger partial charge in [-0.2, -0.15) is 0 Å². The Bertz CT molecular complexity index is 636. The van der Waals surface area contributed by atoms with Crippen molar-refractivity contribution in [3.63, 3.8) is 0 Å². The van der Waals surface area contributed by atoms with Crippen LogP contribution in [0, 0.1) is 0 Å². The van der Waals surface area contributed by atoms with Crippen molar-refractivity contribution in [3.05, 3.63) is 46.2 Å². The summed E-state index contributed by atoms with van der Waals surface area (Å²) < 4.78 is 5.20. The summed E-state index contributed by atoms with van der Waals surface area (Å²) in [4.78, 5) is 16.0. The highest BCUT2D eigenvalue weighted by atomic mass is 32.1. The highest BCUT2D eigenvalue weighted by Crippen LogP contribution is 2.32. The van der Waals surface area contributed by atoms with E-state index in [4.69, 9.17) is 10.5 Å². The van der Waals surface area contributed by atoms with Crippen LogP contribution in [0.3, 0.4) is 0 Å². The van der Waals surface area contributed by atoms with Crippen molar-refractivity contribution >= 4 is 22.9 Å². The van der Waals surface area contributed by atoms with Gasteiger partial charge in [0.2, 0.25) is 0 Å². The van der Waals surface area contributed by atoms with Gasteiger partial charge in [-0.1, -0.05) is 6.07 Å². The molecule has 21 heavy (non-hydrogen) atoms. The molecule has 0 bridgehead atoms. The van der Waals surface area contributed by atoms with Gasteiger partial charge in [0.15, 0.2) is 0 Å². The molecule has 5 heteroatoms. The number of hydrogen-bond donors (Lipinski definition) is 1. The van der Waals surface area contributed by atoms with Crippen molar-refractivity contribution in [1.82, 2.24) is 4.90 Å². The molecule has 4 nitrogen and oxygen atoms in total. The van der Waals surface area contributed by atoms with Gasteiger partial charge < -0.3 is 15.4 Å². The van der Waals surface area contributed by atoms with Gasteiger partial charge in [0.05, 0.1) is 19.2 Å². The molecule has 3 rings (SSSR count). The first-order valence-corrected chi connectivity index (χ1v) is 7.84. The summed E-state index contributed by atoms with van der Waals surface area (Å²) in [5.41, 5.74) is 7.00. The van der Waals surface area contributed by atoms with E-state index < -0.39 is 0 Å². The Morgan fingerprint density at radius 3 is 2.86 bits per heavy atom. The lowest BCUT2D eigenvalue weighted by atomic mass is 10.1. The number of nitrogens with two attached hydrogens (primary N) is 1. The van der Waals surface area contributed by atoms with Crippen molar-refractivity contribution in [2.75, 3.05) is 12.8 Å². The maximum Gasteiger partial charge on any atom is 0.256 e. The van der Waals surface area contributed by atoms with Crippen LogP contribution in [0.5, 0.6) is 5.75 Å². The van der Waals surface area contributed by atoms with E-state index >= 15 is 0 Å². The Kier molecular flexibility index (Phi) is 3.84. The third-order valence-electron chi connectivity index (χ3n) is 3.65. The Morgan fingerprint density at radius 1 is 1.43 bits per heavy atom. The van der Waals surface area contributed by atoms with Crippen LogP contribution in [-0.2, 0) is 6.54 Å². The molecule has 0 unspecified atom stereocenters. The van der Waals surface area contributed by atoms with E-state index in [1.54, 1.807) is 36.6 Å². The molecule has 1 aromatic heterocycles. The third kappa shape index (κ3) is 3.03. The van der Waals surface area contributed by atoms with Gasteiger partial charge in [-0.25, -0.2) is 0 Å². The molecule has 1 heterocycles. The largest absolute Gasteiger partial charge is 0.497 e. The molecule has 0 saturated heterocycles. The number of amides is 1. The summed E-state index contributed by atoms with van der Waals surface area (Å²) in [6.45, 7) is 0.651. The first kappa shape index (κ1) is 13.9. The summed E-state index contributed by atoms with van der Waals surface area (Å²) in [5, 5.41) is 2.03. The molecule has 0 radical (unpaired) electrons. The first-order valence-electron chi connectivity index (χ1n) is 6.96. The number of nitrogens with zero attached hydrogens (tertiary/aromatic N) is 1. The molecule has 110 valence electrons. The second-order valence-corrected chi connectivity index (χ2v) is 6.23. The van der Waals surface area contributed by atoms with Crippen molar-refractivity contribution < 1.29 is 9.53 Å². The molecule has 1 amide bonds. The number of nitrogen functional groups attached to an aromatic ring is 1. The quantitative estimate of drug-likeness (QED) is 0.863. The average molecular weight is 302 g/mol. The number of methoxy groups -OCH3 is 1. The predicted molar refractivity (Wildman–Crippen MR) is 84.6 cm³/mol. The summed E-state index contributed by atoms with van der Waals surface area (Å²) in [6, 6.07) is 9.62. The number of hydrogen-bond acceptors (Lipinski definition) is 4. The van der Waals surface area contributed by atoms with Crippen molar-refractivity contribution in [2.45, 2.75) is 25.4 Å². The SMILES string of the molecule is COc1ccc(N)c(C(=O)N(Cc2cccs2)C2CC2)c1. The monoisotopic (exact) mass is 302 g/mol. The highest BCUT2D eigenvalue weighted by Gasteiger charge is 2.34. The standard InChI is InChI=1S/C16H18N2O2S/c1-20-12-6-7-15(17)14(9-12)16(19)18(11-4-5-11)10-13-3-2-8-21-13/h2-3,6-9,11H,4-5,10,17H2,1H3. The number of anilines is 1. The Balaban J connectivity index is 1.87. The van der Waals surface area contributed by atoms with Gasteiger partial charge in [0.25, 0.3) is 5.91 Å². The van der Waals surface area contributed by atoms with Gasteiger partial charge >= 0.3 is 0 Å². The zero-order valence-corrected chi connectivity index (χ0v) is 12.7. The van der Waals surface area contributed by atoms with Crippen molar-refractivity contribution in [1.29, 1.82) is 0 Å². The number of benzene rings is 1. The summed E-state index contributed by atoms with van der Waals surface area (Å²) in [7, 11) is 1.59. The molecule has 2 N–H and O–H groups in total. The van der Waals surface area contributed by atoms with E-state index in [1.165, 1.54) is 4.88 Å². The second-order valence-electron chi connectivity index (χ2n) is 5.20. The van der Waals surface area contributed by atoms with Crippen LogP contribution < -0.4 is 10.5 Å². The fraction of sp³-hybridized carbons (Fsp3) is 0.312. The number of rotatable bonds is 5. The van der Waals surface area contributed by atoms with Gasteiger partial charge in [-0.05, 0) is 42.5 Å². The zero-order chi connectivity index (χ0) is 14.8. The highest BCUT2D eigenvalue weighted by molar-refractivity contribution is 7.09. The van der Waals surface area contributed by atoms with Crippen LogP contribution in [0.2, 0.25) is 0 Å². The van der Waals surface area contributed by atoms with Gasteiger partial charge in [-0.3, -0.25) is 4.79 Å². The normalized spacial score (nSPS) is 14.0. The van der Waals surface area contributed by atoms with E-state index in [9.17, 15) is 4.79 Å². The molecule has 0 aliphatic heterocycles. The van der Waals surface area contributed by atoms with Gasteiger partial charge in [-0.15, -0.1) is 11.3 Å². The summed E-state index contributed by atoms with van der Waals surface area (Å²) in [6.07, 6.45) is 2.14. The van der Waals surface area contributed by atoms with Crippen LogP contribution in [0.1, 0.15) is 28.1 Å². The molecule has 0 spiro atoms. The summed E-state index contributed by atoms with van der Waals surface area (Å²) in [5.74, 6) is 0.640. The van der Waals surface area contributed by atoms with Crippen LogP contribution in [-0.4, -0.2) is 24.0 Å². The maximum atomic E-state index is 12.8. The van der Waals surface area contributed by atoms with Crippen molar-refractivity contribution in [3.8, 4) is 5.75 Å². The molecule has 1 aromatic carbocycles. The number of carbonyl (C=O) groups excluding carboxylic acids is 1. The molecule has 0 atom stereocenters. The molecule has 1 fully saturated rings. The molecule has 1 aliphatic rings. The van der Waals surface area contributed by atoms with Crippen LogP contribution >= 0.6 is 11.3 Å². The smallest absolute Gasteiger partial charge is 0.256 e. The van der Waals surface area contributed by atoms with E-state index in [-0.39, 0.29) is 5.91 Å². The maximum absolute atomic E-state index is 12.8. The Labute approximate surface area is 128 Å². The van der Waals surface area contributed by atoms with Gasteiger partial charge in [0, 0.05) is 16.6 Å². The summed E-state index contributed by atoms with van der Waals surface area (Å²) >= 11 is 1.67. The molecule has 1 aliphatic carbocycles. The topological polar surface area (TPSA) is 55.6 Å². The fourth-order valence-corrected chi connectivity index (χ4v) is 3.03. The molecular weight excluding hydrogens is 284 g/mol. The zero-order valence-electron chi connectivity index (χ0n) is 11.9. The number of carbonyl (C=O) groups is 1. The van der Waals surface area contributed by atoms with E-state index in [2.05, 4.69) is 6.07 Å². The minimum absolute atomic E-state index is 0.0118. The number of ether oxygens (including phenoxy) is 1.